The molecule has 0 aliphatic carbocycles. The largest absolute Gasteiger partial charge is 0.273 e. The maximum Gasteiger partial charge on any atom is 0.244 e. The van der Waals surface area contributed by atoms with Crippen molar-refractivity contribution in [3.05, 3.63) is 24.4 Å². The highest BCUT2D eigenvalue weighted by molar-refractivity contribution is 7.78. The Hall–Kier alpha value is -1.84. The van der Waals surface area contributed by atoms with Gasteiger partial charge in [0.1, 0.15) is 0 Å². The standard InChI is InChI=1S/C10H7N3OS/c1-7(14)13-10-4-2-3-9(11-6-15)8(10)5-12-13/h2-5H,1H3. The van der Waals surface area contributed by atoms with Crippen molar-refractivity contribution in [2.75, 3.05) is 0 Å². The van der Waals surface area contributed by atoms with Crippen LogP contribution in [0.25, 0.3) is 10.9 Å². The Kier molecular flexibility index (Phi) is 2.41. The number of fused-ring (bicyclic) bond motifs is 1. The molecule has 0 spiro atoms. The van der Waals surface area contributed by atoms with Crippen molar-refractivity contribution in [1.29, 1.82) is 0 Å². The van der Waals surface area contributed by atoms with E-state index in [0.717, 1.165) is 10.9 Å². The number of hydrogen-bond donors (Lipinski definition) is 0. The second-order valence-electron chi connectivity index (χ2n) is 2.99. The fourth-order valence-electron chi connectivity index (χ4n) is 1.43. The van der Waals surface area contributed by atoms with Gasteiger partial charge >= 0.3 is 0 Å². The second kappa shape index (κ2) is 3.73. The van der Waals surface area contributed by atoms with Gasteiger partial charge in [-0.2, -0.15) is 10.1 Å². The Bertz CT molecular complexity index is 581. The van der Waals surface area contributed by atoms with Gasteiger partial charge in [-0.1, -0.05) is 6.07 Å². The summed E-state index contributed by atoms with van der Waals surface area (Å²) in [5.74, 6) is -0.131. The Balaban J connectivity index is 2.79. The zero-order valence-corrected chi connectivity index (χ0v) is 8.78. The molecule has 2 rings (SSSR count). The van der Waals surface area contributed by atoms with Crippen LogP contribution in [0.1, 0.15) is 11.7 Å². The third kappa shape index (κ3) is 1.58. The lowest BCUT2D eigenvalue weighted by atomic mass is 10.2. The van der Waals surface area contributed by atoms with Crippen molar-refractivity contribution in [2.24, 2.45) is 4.99 Å². The summed E-state index contributed by atoms with van der Waals surface area (Å²) in [5, 5.41) is 7.08. The smallest absolute Gasteiger partial charge is 0.244 e. The molecule has 15 heavy (non-hydrogen) atoms. The predicted molar refractivity (Wildman–Crippen MR) is 60.7 cm³/mol. The molecule has 0 aliphatic rings. The minimum Gasteiger partial charge on any atom is -0.273 e. The van der Waals surface area contributed by atoms with E-state index in [0.29, 0.717) is 5.69 Å². The number of aliphatic imine (C=N–C) groups is 1. The van der Waals surface area contributed by atoms with Crippen molar-refractivity contribution in [3.8, 4) is 0 Å². The number of isothiocyanates is 1. The number of carbonyl (C=O) groups is 1. The summed E-state index contributed by atoms with van der Waals surface area (Å²) in [6, 6.07) is 5.41. The highest BCUT2D eigenvalue weighted by atomic mass is 32.1. The maximum absolute atomic E-state index is 11.2. The fourth-order valence-corrected chi connectivity index (χ4v) is 1.53. The molecule has 74 valence electrons. The van der Waals surface area contributed by atoms with E-state index < -0.39 is 0 Å². The predicted octanol–water partition coefficient (Wildman–Crippen LogP) is 2.43. The average Bonchev–Trinajstić information content (AvgIpc) is 2.62. The van der Waals surface area contributed by atoms with Crippen LogP contribution >= 0.6 is 12.2 Å². The lowest BCUT2D eigenvalue weighted by Gasteiger charge is -1.97. The molecule has 0 amide bonds. The van der Waals surface area contributed by atoms with Crippen molar-refractivity contribution in [2.45, 2.75) is 6.92 Å². The Morgan fingerprint density at radius 2 is 2.40 bits per heavy atom. The summed E-state index contributed by atoms with van der Waals surface area (Å²) in [7, 11) is 0. The number of nitrogens with zero attached hydrogens (tertiary/aromatic N) is 3. The van der Waals surface area contributed by atoms with Gasteiger partial charge in [-0.25, -0.2) is 4.68 Å². The van der Waals surface area contributed by atoms with Gasteiger partial charge in [-0.05, 0) is 24.4 Å². The number of hydrogen-bond acceptors (Lipinski definition) is 4. The molecule has 2 aromatic rings. The SMILES string of the molecule is CC(=O)n1ncc2c(N=C=S)cccc21. The Morgan fingerprint density at radius 1 is 1.60 bits per heavy atom. The molecule has 4 nitrogen and oxygen atoms in total. The first-order valence-electron chi connectivity index (χ1n) is 4.29. The first-order valence-corrected chi connectivity index (χ1v) is 4.70. The molecule has 0 aliphatic heterocycles. The summed E-state index contributed by atoms with van der Waals surface area (Å²) >= 11 is 4.54. The van der Waals surface area contributed by atoms with E-state index in [4.69, 9.17) is 0 Å². The molecular formula is C10H7N3OS. The number of benzene rings is 1. The number of thiocarbonyl (C=S) groups is 1. The van der Waals surface area contributed by atoms with Crippen LogP contribution in [0.2, 0.25) is 0 Å². The molecule has 0 bridgehead atoms. The van der Waals surface area contributed by atoms with E-state index in [9.17, 15) is 4.79 Å². The normalized spacial score (nSPS) is 9.93. The van der Waals surface area contributed by atoms with Crippen molar-refractivity contribution in [3.63, 3.8) is 0 Å². The molecule has 0 saturated heterocycles. The molecule has 1 heterocycles. The summed E-state index contributed by atoms with van der Waals surface area (Å²) in [4.78, 5) is 15.1. The van der Waals surface area contributed by atoms with Crippen LogP contribution in [-0.2, 0) is 0 Å². The lowest BCUT2D eigenvalue weighted by molar-refractivity contribution is 0.0927. The maximum atomic E-state index is 11.2. The van der Waals surface area contributed by atoms with Crippen molar-refractivity contribution < 1.29 is 4.79 Å². The molecule has 1 aromatic carbocycles. The van der Waals surface area contributed by atoms with Gasteiger partial charge in [0, 0.05) is 12.3 Å². The van der Waals surface area contributed by atoms with Crippen LogP contribution in [0.5, 0.6) is 0 Å². The molecule has 0 unspecified atom stereocenters. The highest BCUT2D eigenvalue weighted by Gasteiger charge is 2.08. The van der Waals surface area contributed by atoms with Crippen LogP contribution in [0.4, 0.5) is 5.69 Å². The number of carbonyl (C=O) groups excluding carboxylic acids is 1. The topological polar surface area (TPSA) is 47.2 Å². The van der Waals surface area contributed by atoms with Gasteiger partial charge < -0.3 is 0 Å². The van der Waals surface area contributed by atoms with E-state index in [2.05, 4.69) is 27.5 Å². The monoisotopic (exact) mass is 217 g/mol. The van der Waals surface area contributed by atoms with Gasteiger partial charge in [0.05, 0.1) is 22.6 Å². The van der Waals surface area contributed by atoms with Crippen LogP contribution in [0, 0.1) is 0 Å². The first-order chi connectivity index (χ1) is 7.24. The number of aromatic nitrogens is 2. The fraction of sp³-hybridized carbons (Fsp3) is 0.100. The average molecular weight is 217 g/mol. The van der Waals surface area contributed by atoms with E-state index >= 15 is 0 Å². The Morgan fingerprint density at radius 3 is 3.07 bits per heavy atom. The quantitative estimate of drug-likeness (QED) is 0.544. The summed E-state index contributed by atoms with van der Waals surface area (Å²) < 4.78 is 1.33. The Labute approximate surface area is 91.2 Å². The first kappa shape index (κ1) is 9.71. The van der Waals surface area contributed by atoms with Crippen LogP contribution < -0.4 is 0 Å². The van der Waals surface area contributed by atoms with Gasteiger partial charge in [-0.15, -0.1) is 0 Å². The van der Waals surface area contributed by atoms with Crippen LogP contribution in [0.3, 0.4) is 0 Å². The molecule has 1 aromatic heterocycles. The molecule has 0 radical (unpaired) electrons. The van der Waals surface area contributed by atoms with Gasteiger partial charge in [0.2, 0.25) is 5.91 Å². The highest BCUT2D eigenvalue weighted by Crippen LogP contribution is 2.24. The van der Waals surface area contributed by atoms with Crippen LogP contribution in [-0.4, -0.2) is 20.8 Å². The van der Waals surface area contributed by atoms with Crippen molar-refractivity contribution >= 4 is 39.9 Å². The molecule has 5 heteroatoms. The molecule has 0 saturated carbocycles. The summed E-state index contributed by atoms with van der Waals surface area (Å²) in [5.41, 5.74) is 1.41. The van der Waals surface area contributed by atoms with Gasteiger partial charge in [0.25, 0.3) is 0 Å². The van der Waals surface area contributed by atoms with Gasteiger partial charge in [0.15, 0.2) is 0 Å². The zero-order chi connectivity index (χ0) is 10.8. The van der Waals surface area contributed by atoms with E-state index in [1.165, 1.54) is 11.6 Å². The summed E-state index contributed by atoms with van der Waals surface area (Å²) in [6.07, 6.45) is 1.60. The van der Waals surface area contributed by atoms with Crippen molar-refractivity contribution in [1.82, 2.24) is 9.78 Å². The minimum absolute atomic E-state index is 0.131. The van der Waals surface area contributed by atoms with Crippen LogP contribution in [0.15, 0.2) is 29.4 Å². The molecule has 0 N–H and O–H groups in total. The third-order valence-electron chi connectivity index (χ3n) is 2.05. The molecular weight excluding hydrogens is 210 g/mol. The van der Waals surface area contributed by atoms with Gasteiger partial charge in [-0.3, -0.25) is 4.79 Å². The minimum atomic E-state index is -0.131. The zero-order valence-electron chi connectivity index (χ0n) is 7.97. The van der Waals surface area contributed by atoms with E-state index in [-0.39, 0.29) is 5.91 Å². The molecule has 0 fully saturated rings. The molecule has 0 atom stereocenters. The third-order valence-corrected chi connectivity index (χ3v) is 2.15. The number of rotatable bonds is 1. The van der Waals surface area contributed by atoms with E-state index in [1.54, 1.807) is 18.3 Å². The van der Waals surface area contributed by atoms with E-state index in [1.807, 2.05) is 6.07 Å². The second-order valence-corrected chi connectivity index (χ2v) is 3.17. The lowest BCUT2D eigenvalue weighted by Crippen LogP contribution is -2.06. The summed E-state index contributed by atoms with van der Waals surface area (Å²) in [6.45, 7) is 1.46.